The number of ether oxygens (including phenoxy) is 1. The zero-order valence-electron chi connectivity index (χ0n) is 13.1. The van der Waals surface area contributed by atoms with Gasteiger partial charge >= 0.3 is 0 Å². The van der Waals surface area contributed by atoms with Gasteiger partial charge in [-0.15, -0.1) is 0 Å². The highest BCUT2D eigenvalue weighted by atomic mass is 35.5. The number of nitrogens with zero attached hydrogens (tertiary/aromatic N) is 1. The molecule has 0 spiro atoms. The smallest absolute Gasteiger partial charge is 0.262 e. The Morgan fingerprint density at radius 1 is 1.30 bits per heavy atom. The molecule has 0 aliphatic heterocycles. The van der Waals surface area contributed by atoms with Crippen molar-refractivity contribution in [3.8, 4) is 5.75 Å². The lowest BCUT2D eigenvalue weighted by atomic mass is 9.95. The summed E-state index contributed by atoms with van der Waals surface area (Å²) in [6, 6.07) is 7.25. The number of rotatable bonds is 4. The molecule has 1 amide bonds. The molecule has 0 saturated carbocycles. The summed E-state index contributed by atoms with van der Waals surface area (Å²) < 4.78 is 5.72. The van der Waals surface area contributed by atoms with Crippen molar-refractivity contribution < 1.29 is 9.53 Å². The number of hydrogen-bond donors (Lipinski definition) is 1. The fourth-order valence-electron chi connectivity index (χ4n) is 2.79. The van der Waals surface area contributed by atoms with Gasteiger partial charge in [0.2, 0.25) is 0 Å². The van der Waals surface area contributed by atoms with Gasteiger partial charge in [-0.2, -0.15) is 0 Å². The average Bonchev–Trinajstić information content (AvgIpc) is 2.56. The summed E-state index contributed by atoms with van der Waals surface area (Å²) in [4.78, 5) is 16.5. The first-order valence-corrected chi connectivity index (χ1v) is 8.17. The lowest BCUT2D eigenvalue weighted by molar-refractivity contribution is -0.118. The summed E-state index contributed by atoms with van der Waals surface area (Å²) in [5.41, 5.74) is 3.91. The first kappa shape index (κ1) is 15.8. The molecule has 0 bridgehead atoms. The number of fused-ring (bicyclic) bond motifs is 1. The number of nitrogens with one attached hydrogen (secondary N) is 1. The number of benzene rings is 1. The molecule has 4 nitrogen and oxygen atoms in total. The molecule has 1 aromatic heterocycles. The number of carbonyl (C=O) groups excluding carboxylic acids is 1. The quantitative estimate of drug-likeness (QED) is 0.923. The van der Waals surface area contributed by atoms with Gasteiger partial charge in [-0.05, 0) is 56.4 Å². The van der Waals surface area contributed by atoms with Crippen LogP contribution in [0.3, 0.4) is 0 Å². The summed E-state index contributed by atoms with van der Waals surface area (Å²) in [5.74, 6) is 0.574. The van der Waals surface area contributed by atoms with E-state index in [1.807, 2.05) is 19.1 Å². The van der Waals surface area contributed by atoms with E-state index in [1.54, 1.807) is 18.3 Å². The van der Waals surface area contributed by atoms with Crippen LogP contribution in [-0.4, -0.2) is 17.5 Å². The third kappa shape index (κ3) is 3.82. The summed E-state index contributed by atoms with van der Waals surface area (Å²) in [6.07, 6.45) is 6.01. The minimum absolute atomic E-state index is 0.0254. The van der Waals surface area contributed by atoms with Crippen molar-refractivity contribution in [2.75, 3.05) is 11.9 Å². The van der Waals surface area contributed by atoms with E-state index in [0.717, 1.165) is 48.3 Å². The average molecular weight is 331 g/mol. The second-order valence-electron chi connectivity index (χ2n) is 5.74. The molecule has 1 heterocycles. The molecule has 0 atom stereocenters. The predicted molar refractivity (Wildman–Crippen MR) is 91.2 cm³/mol. The van der Waals surface area contributed by atoms with Gasteiger partial charge in [0.1, 0.15) is 5.75 Å². The Hall–Kier alpha value is -2.07. The van der Waals surface area contributed by atoms with Crippen molar-refractivity contribution in [2.24, 2.45) is 0 Å². The maximum atomic E-state index is 12.1. The highest BCUT2D eigenvalue weighted by Crippen LogP contribution is 2.28. The normalized spacial score (nSPS) is 13.3. The Balaban J connectivity index is 1.64. The number of aryl methyl sites for hydroxylation is 2. The maximum absolute atomic E-state index is 12.1. The van der Waals surface area contributed by atoms with Crippen LogP contribution in [0.1, 0.15) is 29.7 Å². The van der Waals surface area contributed by atoms with E-state index in [1.165, 1.54) is 0 Å². The molecular weight excluding hydrogens is 312 g/mol. The fraction of sp³-hybridized carbons (Fsp3) is 0.333. The SMILES string of the molecule is Cc1ccc(Cl)cc1NC(=O)COc1ccnc2c1CCCC2. The predicted octanol–water partition coefficient (Wildman–Crippen LogP) is 3.94. The summed E-state index contributed by atoms with van der Waals surface area (Å²) >= 11 is 5.96. The third-order valence-electron chi connectivity index (χ3n) is 4.02. The summed E-state index contributed by atoms with van der Waals surface area (Å²) in [5, 5.41) is 3.43. The zero-order valence-corrected chi connectivity index (χ0v) is 13.8. The molecule has 5 heteroatoms. The van der Waals surface area contributed by atoms with Gasteiger partial charge in [0.25, 0.3) is 5.91 Å². The molecule has 23 heavy (non-hydrogen) atoms. The molecule has 1 aromatic carbocycles. The third-order valence-corrected chi connectivity index (χ3v) is 4.26. The van der Waals surface area contributed by atoms with E-state index in [4.69, 9.17) is 16.3 Å². The molecular formula is C18H19ClN2O2. The number of amides is 1. The standard InChI is InChI=1S/C18H19ClN2O2/c1-12-6-7-13(19)10-16(12)21-18(22)11-23-17-8-9-20-15-5-3-2-4-14(15)17/h6-10H,2-5,11H2,1H3,(H,21,22). The van der Waals surface area contributed by atoms with Gasteiger partial charge in [0, 0.05) is 28.2 Å². The second-order valence-corrected chi connectivity index (χ2v) is 6.17. The first-order chi connectivity index (χ1) is 11.1. The van der Waals surface area contributed by atoms with Crippen LogP contribution < -0.4 is 10.1 Å². The Kier molecular flexibility index (Phi) is 4.82. The molecule has 2 aromatic rings. The Labute approximate surface area is 140 Å². The van der Waals surface area contributed by atoms with Crippen molar-refractivity contribution in [2.45, 2.75) is 32.6 Å². The number of anilines is 1. The van der Waals surface area contributed by atoms with E-state index < -0.39 is 0 Å². The van der Waals surface area contributed by atoms with Crippen molar-refractivity contribution in [1.82, 2.24) is 4.98 Å². The molecule has 3 rings (SSSR count). The minimum Gasteiger partial charge on any atom is -0.483 e. The van der Waals surface area contributed by atoms with Crippen LogP contribution in [0.5, 0.6) is 5.75 Å². The van der Waals surface area contributed by atoms with E-state index in [2.05, 4.69) is 10.3 Å². The van der Waals surface area contributed by atoms with Gasteiger partial charge in [0.15, 0.2) is 6.61 Å². The molecule has 120 valence electrons. The van der Waals surface area contributed by atoms with Crippen LogP contribution in [0.15, 0.2) is 30.5 Å². The van der Waals surface area contributed by atoms with Gasteiger partial charge in [-0.3, -0.25) is 9.78 Å². The number of aromatic nitrogens is 1. The molecule has 1 aliphatic rings. The molecule has 1 aliphatic carbocycles. The van der Waals surface area contributed by atoms with Gasteiger partial charge in [-0.1, -0.05) is 17.7 Å². The van der Waals surface area contributed by atoms with E-state index >= 15 is 0 Å². The number of halogens is 1. The van der Waals surface area contributed by atoms with Crippen LogP contribution in [0, 0.1) is 6.92 Å². The number of pyridine rings is 1. The highest BCUT2D eigenvalue weighted by Gasteiger charge is 2.16. The van der Waals surface area contributed by atoms with Crippen molar-refractivity contribution >= 4 is 23.2 Å². The molecule has 0 fully saturated rings. The Morgan fingerprint density at radius 3 is 3.00 bits per heavy atom. The summed E-state index contributed by atoms with van der Waals surface area (Å²) in [6.45, 7) is 1.90. The van der Waals surface area contributed by atoms with Crippen LogP contribution in [-0.2, 0) is 17.6 Å². The van der Waals surface area contributed by atoms with Crippen LogP contribution in [0.4, 0.5) is 5.69 Å². The fourth-order valence-corrected chi connectivity index (χ4v) is 2.96. The first-order valence-electron chi connectivity index (χ1n) is 7.79. The molecule has 0 radical (unpaired) electrons. The van der Waals surface area contributed by atoms with Crippen LogP contribution >= 0.6 is 11.6 Å². The topological polar surface area (TPSA) is 51.2 Å². The number of hydrogen-bond acceptors (Lipinski definition) is 3. The highest BCUT2D eigenvalue weighted by molar-refractivity contribution is 6.31. The Morgan fingerprint density at radius 2 is 2.13 bits per heavy atom. The lowest BCUT2D eigenvalue weighted by Crippen LogP contribution is -2.21. The monoisotopic (exact) mass is 330 g/mol. The van der Waals surface area contributed by atoms with Crippen molar-refractivity contribution in [3.63, 3.8) is 0 Å². The molecule has 0 saturated heterocycles. The second kappa shape index (κ2) is 7.01. The zero-order chi connectivity index (χ0) is 16.2. The lowest BCUT2D eigenvalue weighted by Gasteiger charge is -2.18. The van der Waals surface area contributed by atoms with E-state index in [0.29, 0.717) is 10.7 Å². The van der Waals surface area contributed by atoms with Gasteiger partial charge in [0.05, 0.1) is 0 Å². The van der Waals surface area contributed by atoms with E-state index in [9.17, 15) is 4.79 Å². The molecule has 1 N–H and O–H groups in total. The number of carbonyl (C=O) groups is 1. The van der Waals surface area contributed by atoms with E-state index in [-0.39, 0.29) is 12.5 Å². The Bertz CT molecular complexity index is 731. The van der Waals surface area contributed by atoms with Crippen molar-refractivity contribution in [3.05, 3.63) is 52.3 Å². The van der Waals surface area contributed by atoms with Crippen molar-refractivity contribution in [1.29, 1.82) is 0 Å². The largest absolute Gasteiger partial charge is 0.483 e. The summed E-state index contributed by atoms with van der Waals surface area (Å²) in [7, 11) is 0. The van der Waals surface area contributed by atoms with Gasteiger partial charge < -0.3 is 10.1 Å². The van der Waals surface area contributed by atoms with Gasteiger partial charge in [-0.25, -0.2) is 0 Å². The van der Waals surface area contributed by atoms with Crippen LogP contribution in [0.2, 0.25) is 5.02 Å². The van der Waals surface area contributed by atoms with Crippen LogP contribution in [0.25, 0.3) is 0 Å². The molecule has 0 unspecified atom stereocenters. The minimum atomic E-state index is -0.197. The maximum Gasteiger partial charge on any atom is 0.262 e.